The summed E-state index contributed by atoms with van der Waals surface area (Å²) in [5, 5.41) is 10.8. The molecule has 2 aromatic carbocycles. The molecule has 0 amide bonds. The molecule has 0 unspecified atom stereocenters. The van der Waals surface area contributed by atoms with E-state index in [2.05, 4.69) is 36.2 Å². The van der Waals surface area contributed by atoms with Gasteiger partial charge in [-0.15, -0.1) is 0 Å². The van der Waals surface area contributed by atoms with Gasteiger partial charge in [0.2, 0.25) is 0 Å². The lowest BCUT2D eigenvalue weighted by molar-refractivity contribution is 0.480. The second-order valence-electron chi connectivity index (χ2n) is 4.83. The lowest BCUT2D eigenvalue weighted by atomic mass is 10.1. The van der Waals surface area contributed by atoms with E-state index in [1.54, 1.807) is 6.07 Å². The Morgan fingerprint density at radius 2 is 1.70 bits per heavy atom. The van der Waals surface area contributed by atoms with E-state index in [-0.39, 0.29) is 5.75 Å². The van der Waals surface area contributed by atoms with Gasteiger partial charge in [-0.25, -0.2) is 4.98 Å². The van der Waals surface area contributed by atoms with E-state index < -0.39 is 0 Å². The monoisotopic (exact) mass is 261 g/mol. The van der Waals surface area contributed by atoms with Crippen molar-refractivity contribution in [3.63, 3.8) is 0 Å². The van der Waals surface area contributed by atoms with Crippen LogP contribution in [0.15, 0.2) is 54.6 Å². The number of aromatic hydroxyl groups is 1. The Morgan fingerprint density at radius 3 is 2.50 bits per heavy atom. The number of aromatic nitrogens is 1. The zero-order chi connectivity index (χ0) is 13.9. The molecule has 0 saturated heterocycles. The molecule has 20 heavy (non-hydrogen) atoms. The Hall–Kier alpha value is -2.61. The molecule has 0 aliphatic heterocycles. The molecule has 0 radical (unpaired) electrons. The summed E-state index contributed by atoms with van der Waals surface area (Å²) in [7, 11) is 0. The molecule has 0 spiro atoms. The van der Waals surface area contributed by atoms with E-state index in [4.69, 9.17) is 0 Å². The van der Waals surface area contributed by atoms with Gasteiger partial charge in [-0.05, 0) is 30.7 Å². The van der Waals surface area contributed by atoms with Gasteiger partial charge >= 0.3 is 0 Å². The summed E-state index contributed by atoms with van der Waals surface area (Å²) in [5.41, 5.74) is 3.85. The Morgan fingerprint density at radius 1 is 0.900 bits per heavy atom. The highest BCUT2D eigenvalue weighted by Gasteiger charge is 2.00. The van der Waals surface area contributed by atoms with Crippen molar-refractivity contribution in [3.05, 3.63) is 71.4 Å². The highest BCUT2D eigenvalue weighted by molar-refractivity contribution is 5.85. The minimum atomic E-state index is 0.216. The molecule has 1 heterocycles. The number of phenolic OH excluding ortho intramolecular Hbond substituents is 1. The number of benzene rings is 2. The van der Waals surface area contributed by atoms with Crippen LogP contribution in [-0.4, -0.2) is 10.1 Å². The van der Waals surface area contributed by atoms with E-state index in [0.717, 1.165) is 16.6 Å². The number of pyridine rings is 1. The smallest absolute Gasteiger partial charge is 0.141 e. The summed E-state index contributed by atoms with van der Waals surface area (Å²) in [6.07, 6.45) is 3.98. The molecule has 98 valence electrons. The van der Waals surface area contributed by atoms with Crippen LogP contribution in [0.4, 0.5) is 0 Å². The Bertz CT molecular complexity index is 773. The van der Waals surface area contributed by atoms with E-state index in [1.807, 2.05) is 36.4 Å². The first-order valence-electron chi connectivity index (χ1n) is 6.56. The van der Waals surface area contributed by atoms with Crippen LogP contribution in [-0.2, 0) is 0 Å². The number of hydrogen-bond acceptors (Lipinski definition) is 2. The summed E-state index contributed by atoms with van der Waals surface area (Å²) in [6, 6.07) is 17.6. The Kier molecular flexibility index (Phi) is 3.21. The maximum Gasteiger partial charge on any atom is 0.141 e. The van der Waals surface area contributed by atoms with Gasteiger partial charge in [0.15, 0.2) is 0 Å². The number of rotatable bonds is 2. The Balaban J connectivity index is 1.94. The quantitative estimate of drug-likeness (QED) is 0.740. The summed E-state index contributed by atoms with van der Waals surface area (Å²) in [5.74, 6) is 0.216. The van der Waals surface area contributed by atoms with Crippen LogP contribution in [0, 0.1) is 6.92 Å². The molecule has 0 aliphatic rings. The normalized spacial score (nSPS) is 11.2. The number of nitrogens with zero attached hydrogens (tertiary/aromatic N) is 1. The van der Waals surface area contributed by atoms with Gasteiger partial charge < -0.3 is 5.11 Å². The predicted molar refractivity (Wildman–Crippen MR) is 83.5 cm³/mol. The van der Waals surface area contributed by atoms with Gasteiger partial charge in [0.1, 0.15) is 11.3 Å². The summed E-state index contributed by atoms with van der Waals surface area (Å²) >= 11 is 0. The predicted octanol–water partition coefficient (Wildman–Crippen LogP) is 4.42. The van der Waals surface area contributed by atoms with Crippen molar-refractivity contribution in [1.82, 2.24) is 4.98 Å². The van der Waals surface area contributed by atoms with Crippen LogP contribution in [0.3, 0.4) is 0 Å². The third-order valence-electron chi connectivity index (χ3n) is 3.24. The fourth-order valence-corrected chi connectivity index (χ4v) is 2.10. The molecule has 2 nitrogen and oxygen atoms in total. The van der Waals surface area contributed by atoms with Crippen molar-refractivity contribution in [2.45, 2.75) is 6.92 Å². The van der Waals surface area contributed by atoms with Crippen LogP contribution in [0.5, 0.6) is 5.75 Å². The zero-order valence-corrected chi connectivity index (χ0v) is 11.2. The molecule has 1 aromatic heterocycles. The van der Waals surface area contributed by atoms with Crippen molar-refractivity contribution in [1.29, 1.82) is 0 Å². The molecular formula is C18H15NO. The lowest BCUT2D eigenvalue weighted by Gasteiger charge is -2.01. The first kappa shape index (κ1) is 12.4. The molecule has 2 heteroatoms. The fourth-order valence-electron chi connectivity index (χ4n) is 2.10. The number of para-hydroxylation sites is 1. The maximum atomic E-state index is 9.82. The number of hydrogen-bond donors (Lipinski definition) is 1. The second kappa shape index (κ2) is 5.17. The van der Waals surface area contributed by atoms with Crippen molar-refractivity contribution >= 4 is 23.1 Å². The van der Waals surface area contributed by atoms with Gasteiger partial charge in [-0.1, -0.05) is 54.1 Å². The molecular weight excluding hydrogens is 246 g/mol. The van der Waals surface area contributed by atoms with Gasteiger partial charge in [-0.3, -0.25) is 0 Å². The van der Waals surface area contributed by atoms with Crippen molar-refractivity contribution in [2.24, 2.45) is 0 Å². The average Bonchev–Trinajstić information content (AvgIpc) is 2.47. The molecule has 0 aliphatic carbocycles. The van der Waals surface area contributed by atoms with Crippen molar-refractivity contribution < 1.29 is 5.11 Å². The maximum absolute atomic E-state index is 9.82. The second-order valence-corrected chi connectivity index (χ2v) is 4.83. The van der Waals surface area contributed by atoms with Gasteiger partial charge in [0.05, 0.1) is 5.69 Å². The molecule has 0 fully saturated rings. The SMILES string of the molecule is Cc1ccc(/C=C/c2ccc3cccc(O)c3n2)cc1. The van der Waals surface area contributed by atoms with Gasteiger partial charge in [-0.2, -0.15) is 0 Å². The van der Waals surface area contributed by atoms with E-state index in [1.165, 1.54) is 5.56 Å². The van der Waals surface area contributed by atoms with Gasteiger partial charge in [0, 0.05) is 5.39 Å². The van der Waals surface area contributed by atoms with E-state index in [0.29, 0.717) is 5.52 Å². The van der Waals surface area contributed by atoms with Crippen LogP contribution in [0.2, 0.25) is 0 Å². The van der Waals surface area contributed by atoms with E-state index >= 15 is 0 Å². The third kappa shape index (κ3) is 2.54. The highest BCUT2D eigenvalue weighted by atomic mass is 16.3. The zero-order valence-electron chi connectivity index (χ0n) is 11.2. The van der Waals surface area contributed by atoms with Crippen LogP contribution in [0.1, 0.15) is 16.8 Å². The van der Waals surface area contributed by atoms with Crippen molar-refractivity contribution in [2.75, 3.05) is 0 Å². The fraction of sp³-hybridized carbons (Fsp3) is 0.0556. The minimum Gasteiger partial charge on any atom is -0.506 e. The summed E-state index contributed by atoms with van der Waals surface area (Å²) in [4.78, 5) is 4.47. The average molecular weight is 261 g/mol. The van der Waals surface area contributed by atoms with Crippen molar-refractivity contribution in [3.8, 4) is 5.75 Å². The molecule has 0 saturated carbocycles. The largest absolute Gasteiger partial charge is 0.506 e. The van der Waals surface area contributed by atoms with Crippen LogP contribution in [0.25, 0.3) is 23.1 Å². The van der Waals surface area contributed by atoms with Crippen LogP contribution < -0.4 is 0 Å². The van der Waals surface area contributed by atoms with Gasteiger partial charge in [0.25, 0.3) is 0 Å². The highest BCUT2D eigenvalue weighted by Crippen LogP contribution is 2.22. The summed E-state index contributed by atoms with van der Waals surface area (Å²) < 4.78 is 0. The molecule has 3 aromatic rings. The number of fused-ring (bicyclic) bond motifs is 1. The topological polar surface area (TPSA) is 33.1 Å². The molecule has 3 rings (SSSR count). The third-order valence-corrected chi connectivity index (χ3v) is 3.24. The summed E-state index contributed by atoms with van der Waals surface area (Å²) in [6.45, 7) is 2.07. The van der Waals surface area contributed by atoms with E-state index in [9.17, 15) is 5.11 Å². The molecule has 0 atom stereocenters. The standard InChI is InChI=1S/C18H15NO/c1-13-5-7-14(8-6-13)9-11-16-12-10-15-3-2-4-17(20)18(15)19-16/h2-12,20H,1H3/b11-9+. The number of phenols is 1. The lowest BCUT2D eigenvalue weighted by Crippen LogP contribution is -1.83. The number of aryl methyl sites for hydroxylation is 1. The first-order chi connectivity index (χ1) is 9.72. The van der Waals surface area contributed by atoms with Crippen LogP contribution >= 0.6 is 0 Å². The molecule has 1 N–H and O–H groups in total. The first-order valence-corrected chi connectivity index (χ1v) is 6.56. The molecule has 0 bridgehead atoms. The minimum absolute atomic E-state index is 0.216. The Labute approximate surface area is 118 Å².